The largest absolute Gasteiger partial charge is 0.508 e. The number of phenolic OH excluding ortho intramolecular Hbond substituents is 2. The summed E-state index contributed by atoms with van der Waals surface area (Å²) in [6.07, 6.45) is 1.59. The molecule has 0 heterocycles. The summed E-state index contributed by atoms with van der Waals surface area (Å²) in [6, 6.07) is 11.2. The van der Waals surface area contributed by atoms with Gasteiger partial charge in [-0.25, -0.2) is 0 Å². The monoisotopic (exact) mass is 242 g/mol. The van der Waals surface area contributed by atoms with Crippen molar-refractivity contribution in [2.24, 2.45) is 0 Å². The fraction of sp³-hybridized carbons (Fsp3) is 0.250. The quantitative estimate of drug-likeness (QED) is 0.857. The molecule has 2 rings (SSSR count). The van der Waals surface area contributed by atoms with Crippen molar-refractivity contribution in [1.29, 1.82) is 0 Å². The Hall–Kier alpha value is -1.96. The first-order valence-electron chi connectivity index (χ1n) is 6.29. The number of rotatable bonds is 3. The predicted octanol–water partition coefficient (Wildman–Crippen LogP) is 3.89. The highest BCUT2D eigenvalue weighted by molar-refractivity contribution is 5.68. The molecule has 2 aromatic rings. The Balaban J connectivity index is 2.58. The van der Waals surface area contributed by atoms with Gasteiger partial charge in [-0.1, -0.05) is 26.0 Å². The van der Waals surface area contributed by atoms with E-state index in [0.29, 0.717) is 5.75 Å². The first kappa shape index (κ1) is 12.5. The molecule has 0 saturated carbocycles. The van der Waals surface area contributed by atoms with Gasteiger partial charge < -0.3 is 10.2 Å². The molecule has 0 fully saturated rings. The summed E-state index contributed by atoms with van der Waals surface area (Å²) >= 11 is 0. The summed E-state index contributed by atoms with van der Waals surface area (Å²) in [5.74, 6) is 0.667. The van der Waals surface area contributed by atoms with E-state index in [0.717, 1.165) is 35.1 Å². The molecule has 94 valence electrons. The van der Waals surface area contributed by atoms with Crippen molar-refractivity contribution in [3.05, 3.63) is 47.5 Å². The van der Waals surface area contributed by atoms with Crippen LogP contribution in [0.2, 0.25) is 0 Å². The molecule has 2 N–H and O–H groups in total. The first-order valence-corrected chi connectivity index (χ1v) is 6.29. The molecule has 0 atom stereocenters. The highest BCUT2D eigenvalue weighted by atomic mass is 16.3. The lowest BCUT2D eigenvalue weighted by atomic mass is 9.96. The van der Waals surface area contributed by atoms with Crippen LogP contribution >= 0.6 is 0 Å². The number of hydrogen-bond donors (Lipinski definition) is 2. The van der Waals surface area contributed by atoms with Gasteiger partial charge in [0.2, 0.25) is 0 Å². The maximum absolute atomic E-state index is 10.1. The highest BCUT2D eigenvalue weighted by Crippen LogP contribution is 2.32. The second kappa shape index (κ2) is 5.13. The van der Waals surface area contributed by atoms with Crippen molar-refractivity contribution < 1.29 is 10.2 Å². The van der Waals surface area contributed by atoms with Gasteiger partial charge in [-0.3, -0.25) is 0 Å². The van der Waals surface area contributed by atoms with Crippen LogP contribution in [-0.4, -0.2) is 10.2 Å². The number of aromatic hydroxyl groups is 2. The Morgan fingerprint density at radius 2 is 1.44 bits per heavy atom. The third-order valence-electron chi connectivity index (χ3n) is 3.21. The highest BCUT2D eigenvalue weighted by Gasteiger charge is 2.09. The number of benzene rings is 2. The van der Waals surface area contributed by atoms with Crippen molar-refractivity contribution in [1.82, 2.24) is 0 Å². The van der Waals surface area contributed by atoms with Gasteiger partial charge in [0.15, 0.2) is 0 Å². The van der Waals surface area contributed by atoms with Gasteiger partial charge in [0.1, 0.15) is 11.5 Å². The van der Waals surface area contributed by atoms with E-state index in [1.54, 1.807) is 12.1 Å². The zero-order valence-electron chi connectivity index (χ0n) is 10.8. The molecular formula is C16H18O2. The van der Waals surface area contributed by atoms with Crippen molar-refractivity contribution in [2.75, 3.05) is 0 Å². The summed E-state index contributed by atoms with van der Waals surface area (Å²) in [5, 5.41) is 19.6. The van der Waals surface area contributed by atoms with Gasteiger partial charge in [-0.15, -0.1) is 0 Å². The maximum atomic E-state index is 10.1. The molecule has 0 spiro atoms. The van der Waals surface area contributed by atoms with Crippen LogP contribution in [-0.2, 0) is 12.8 Å². The number of aryl methyl sites for hydroxylation is 2. The molecule has 0 unspecified atom stereocenters. The summed E-state index contributed by atoms with van der Waals surface area (Å²) in [7, 11) is 0. The fourth-order valence-electron chi connectivity index (χ4n) is 2.15. The Bertz CT molecular complexity index is 534. The third kappa shape index (κ3) is 2.33. The van der Waals surface area contributed by atoms with Crippen LogP contribution in [0.25, 0.3) is 11.1 Å². The molecule has 0 saturated heterocycles. The van der Waals surface area contributed by atoms with Gasteiger partial charge in [0, 0.05) is 0 Å². The first-order chi connectivity index (χ1) is 8.65. The van der Waals surface area contributed by atoms with E-state index in [-0.39, 0.29) is 5.75 Å². The fourth-order valence-corrected chi connectivity index (χ4v) is 2.15. The van der Waals surface area contributed by atoms with Crippen LogP contribution in [0.3, 0.4) is 0 Å². The Morgan fingerprint density at radius 1 is 0.833 bits per heavy atom. The minimum Gasteiger partial charge on any atom is -0.508 e. The molecule has 18 heavy (non-hydrogen) atoms. The molecule has 0 radical (unpaired) electrons. The molecule has 0 bridgehead atoms. The minimum atomic E-state index is 0.261. The van der Waals surface area contributed by atoms with Gasteiger partial charge >= 0.3 is 0 Å². The molecular weight excluding hydrogens is 224 g/mol. The predicted molar refractivity (Wildman–Crippen MR) is 74.0 cm³/mol. The molecule has 0 aliphatic carbocycles. The smallest absolute Gasteiger partial charge is 0.121 e. The van der Waals surface area contributed by atoms with E-state index in [4.69, 9.17) is 0 Å². The zero-order chi connectivity index (χ0) is 13.1. The molecule has 0 aromatic heterocycles. The second-order valence-corrected chi connectivity index (χ2v) is 4.40. The molecule has 2 heteroatoms. The molecule has 2 aromatic carbocycles. The second-order valence-electron chi connectivity index (χ2n) is 4.40. The SMILES string of the molecule is CCc1cc(-c2cccc(O)c2)cc(CC)c1O. The van der Waals surface area contributed by atoms with Crippen molar-refractivity contribution in [3.63, 3.8) is 0 Å². The summed E-state index contributed by atoms with van der Waals surface area (Å²) in [4.78, 5) is 0. The summed E-state index contributed by atoms with van der Waals surface area (Å²) < 4.78 is 0. The van der Waals surface area contributed by atoms with E-state index in [1.807, 2.05) is 38.1 Å². The normalized spacial score (nSPS) is 10.6. The van der Waals surface area contributed by atoms with Gasteiger partial charge in [-0.05, 0) is 59.4 Å². The van der Waals surface area contributed by atoms with Crippen LogP contribution in [0.15, 0.2) is 36.4 Å². The summed E-state index contributed by atoms with van der Waals surface area (Å²) in [5.41, 5.74) is 3.91. The van der Waals surface area contributed by atoms with E-state index in [2.05, 4.69) is 0 Å². The van der Waals surface area contributed by atoms with Crippen LogP contribution in [0, 0.1) is 0 Å². The van der Waals surface area contributed by atoms with Gasteiger partial charge in [-0.2, -0.15) is 0 Å². The van der Waals surface area contributed by atoms with Crippen LogP contribution in [0.4, 0.5) is 0 Å². The van der Waals surface area contributed by atoms with Gasteiger partial charge in [0.25, 0.3) is 0 Å². The van der Waals surface area contributed by atoms with E-state index < -0.39 is 0 Å². The number of hydrogen-bond acceptors (Lipinski definition) is 2. The lowest BCUT2D eigenvalue weighted by molar-refractivity contribution is 0.462. The lowest BCUT2D eigenvalue weighted by Crippen LogP contribution is -1.91. The number of phenols is 2. The topological polar surface area (TPSA) is 40.5 Å². The lowest BCUT2D eigenvalue weighted by Gasteiger charge is -2.11. The molecule has 0 amide bonds. The third-order valence-corrected chi connectivity index (χ3v) is 3.21. The molecule has 0 aliphatic rings. The summed E-state index contributed by atoms with van der Waals surface area (Å²) in [6.45, 7) is 4.06. The minimum absolute atomic E-state index is 0.261. The average molecular weight is 242 g/mol. The Morgan fingerprint density at radius 3 is 1.94 bits per heavy atom. The zero-order valence-corrected chi connectivity index (χ0v) is 10.8. The van der Waals surface area contributed by atoms with E-state index >= 15 is 0 Å². The Labute approximate surface area is 108 Å². The van der Waals surface area contributed by atoms with E-state index in [9.17, 15) is 10.2 Å². The van der Waals surface area contributed by atoms with Crippen molar-refractivity contribution in [3.8, 4) is 22.6 Å². The van der Waals surface area contributed by atoms with Crippen LogP contribution in [0.1, 0.15) is 25.0 Å². The maximum Gasteiger partial charge on any atom is 0.121 e. The Kier molecular flexibility index (Phi) is 3.56. The average Bonchev–Trinajstić information content (AvgIpc) is 2.39. The van der Waals surface area contributed by atoms with Crippen molar-refractivity contribution in [2.45, 2.75) is 26.7 Å². The molecule has 2 nitrogen and oxygen atoms in total. The van der Waals surface area contributed by atoms with Crippen LogP contribution in [0.5, 0.6) is 11.5 Å². The van der Waals surface area contributed by atoms with Crippen molar-refractivity contribution >= 4 is 0 Å². The standard InChI is InChI=1S/C16H18O2/c1-3-11-8-14(9-12(4-2)16(11)18)13-6-5-7-15(17)10-13/h5-10,17-18H,3-4H2,1-2H3. The molecule has 0 aliphatic heterocycles. The van der Waals surface area contributed by atoms with Crippen LogP contribution < -0.4 is 0 Å². The van der Waals surface area contributed by atoms with Gasteiger partial charge in [0.05, 0.1) is 0 Å². The van der Waals surface area contributed by atoms with E-state index in [1.165, 1.54) is 0 Å².